The van der Waals surface area contributed by atoms with Crippen LogP contribution in [-0.4, -0.2) is 0 Å². The second-order valence-electron chi connectivity index (χ2n) is 11.4. The van der Waals surface area contributed by atoms with Crippen molar-refractivity contribution in [1.82, 2.24) is 0 Å². The van der Waals surface area contributed by atoms with Crippen LogP contribution >= 0.6 is 15.9 Å². The Morgan fingerprint density at radius 3 is 1.58 bits per heavy atom. The Kier molecular flexibility index (Phi) is 5.33. The third kappa shape index (κ3) is 3.27. The molecule has 2 aliphatic rings. The van der Waals surface area contributed by atoms with Gasteiger partial charge in [-0.25, -0.2) is 0 Å². The molecule has 1 nitrogen and oxygen atoms in total. The molecule has 0 bridgehead atoms. The van der Waals surface area contributed by atoms with Crippen LogP contribution in [0.5, 0.6) is 0 Å². The Morgan fingerprint density at radius 2 is 0.930 bits per heavy atom. The summed E-state index contributed by atoms with van der Waals surface area (Å²) in [6.45, 7) is 0. The van der Waals surface area contributed by atoms with Crippen molar-refractivity contribution in [2.75, 3.05) is 4.90 Å². The maximum atomic E-state index is 3.96. The van der Waals surface area contributed by atoms with Crippen LogP contribution in [0, 0.1) is 0 Å². The molecule has 1 atom stereocenters. The predicted octanol–water partition coefficient (Wildman–Crippen LogP) is 11.4. The van der Waals surface area contributed by atoms with Crippen LogP contribution in [0.3, 0.4) is 0 Å². The smallest absolute Gasteiger partial charge is 0.0726 e. The maximum absolute atomic E-state index is 3.96. The van der Waals surface area contributed by atoms with Crippen LogP contribution < -0.4 is 4.90 Å². The topological polar surface area (TPSA) is 3.24 Å². The van der Waals surface area contributed by atoms with E-state index in [1.165, 1.54) is 61.0 Å². The summed E-state index contributed by atoms with van der Waals surface area (Å²) in [5, 5.41) is 2.51. The lowest BCUT2D eigenvalue weighted by molar-refractivity contribution is 0.794. The monoisotopic (exact) mass is 611 g/mol. The Hall–Kier alpha value is -4.92. The molecule has 0 aromatic heterocycles. The standard InChI is InChI=1S/C41H26BrN/c42-37-25-13-24-35-40(37)32-21-10-12-23-34(32)41(35)33-22-11-9-20-31(33)39-30-19-8-7-18-29(30)38(26-36(39)41)43(27-14-3-1-4-15-27)28-16-5-2-6-17-28/h1-26H. The Labute approximate surface area is 259 Å². The predicted molar refractivity (Wildman–Crippen MR) is 183 cm³/mol. The fraction of sp³-hybridized carbons (Fsp3) is 0.0244. The van der Waals surface area contributed by atoms with E-state index in [9.17, 15) is 0 Å². The van der Waals surface area contributed by atoms with Gasteiger partial charge in [-0.2, -0.15) is 0 Å². The molecule has 43 heavy (non-hydrogen) atoms. The lowest BCUT2D eigenvalue weighted by Crippen LogP contribution is -2.26. The second kappa shape index (κ2) is 9.29. The summed E-state index contributed by atoms with van der Waals surface area (Å²) >= 11 is 3.96. The highest BCUT2D eigenvalue weighted by molar-refractivity contribution is 9.10. The average molecular weight is 613 g/mol. The van der Waals surface area contributed by atoms with Gasteiger partial charge >= 0.3 is 0 Å². The molecule has 0 aliphatic heterocycles. The van der Waals surface area contributed by atoms with E-state index in [1.54, 1.807) is 0 Å². The quantitative estimate of drug-likeness (QED) is 0.192. The van der Waals surface area contributed by atoms with Gasteiger partial charge in [-0.15, -0.1) is 0 Å². The van der Waals surface area contributed by atoms with E-state index >= 15 is 0 Å². The number of halogens is 1. The summed E-state index contributed by atoms with van der Waals surface area (Å²) in [4.78, 5) is 2.42. The first-order valence-corrected chi connectivity index (χ1v) is 15.5. The van der Waals surface area contributed by atoms with Gasteiger partial charge in [0.05, 0.1) is 11.1 Å². The number of para-hydroxylation sites is 2. The Balaban J connectivity index is 1.48. The average Bonchev–Trinajstić information content (AvgIpc) is 3.54. The lowest BCUT2D eigenvalue weighted by atomic mass is 9.70. The van der Waals surface area contributed by atoms with Gasteiger partial charge in [-0.1, -0.05) is 137 Å². The first-order valence-electron chi connectivity index (χ1n) is 14.7. The molecule has 2 heteroatoms. The van der Waals surface area contributed by atoms with E-state index in [2.05, 4.69) is 179 Å². The van der Waals surface area contributed by atoms with Crippen molar-refractivity contribution in [3.63, 3.8) is 0 Å². The fourth-order valence-electron chi connectivity index (χ4n) is 7.75. The number of hydrogen-bond donors (Lipinski definition) is 0. The van der Waals surface area contributed by atoms with Crippen LogP contribution in [0.15, 0.2) is 162 Å². The zero-order valence-corrected chi connectivity index (χ0v) is 24.9. The van der Waals surface area contributed by atoms with Crippen molar-refractivity contribution in [3.05, 3.63) is 184 Å². The summed E-state index contributed by atoms with van der Waals surface area (Å²) < 4.78 is 1.14. The molecule has 0 radical (unpaired) electrons. The van der Waals surface area contributed by atoms with Crippen LogP contribution in [0.1, 0.15) is 22.3 Å². The molecule has 2 aliphatic carbocycles. The SMILES string of the molecule is Brc1cccc2c1-c1ccccc1C21c2ccccc2-c2c1cc(N(c1ccccc1)c1ccccc1)c1ccccc21. The minimum Gasteiger partial charge on any atom is -0.310 e. The molecule has 1 unspecified atom stereocenters. The number of benzene rings is 7. The summed E-state index contributed by atoms with van der Waals surface area (Å²) in [6, 6.07) is 57.7. The van der Waals surface area contributed by atoms with Crippen molar-refractivity contribution in [2.24, 2.45) is 0 Å². The molecule has 9 rings (SSSR count). The van der Waals surface area contributed by atoms with Gasteiger partial charge in [0, 0.05) is 26.8 Å². The maximum Gasteiger partial charge on any atom is 0.0726 e. The highest BCUT2D eigenvalue weighted by Gasteiger charge is 2.52. The Bertz CT molecular complexity index is 2160. The third-order valence-corrected chi connectivity index (χ3v) is 9.98. The summed E-state index contributed by atoms with van der Waals surface area (Å²) in [5.74, 6) is 0. The zero-order chi connectivity index (χ0) is 28.5. The molecule has 0 saturated heterocycles. The van der Waals surface area contributed by atoms with Crippen molar-refractivity contribution in [3.8, 4) is 22.3 Å². The summed E-state index contributed by atoms with van der Waals surface area (Å²) in [6.07, 6.45) is 0. The minimum atomic E-state index is -0.431. The normalized spacial score (nSPS) is 15.7. The molecule has 7 aromatic carbocycles. The Morgan fingerprint density at radius 1 is 0.419 bits per heavy atom. The molecule has 7 aromatic rings. The number of nitrogens with zero attached hydrogens (tertiary/aromatic N) is 1. The van der Waals surface area contributed by atoms with Gasteiger partial charge in [-0.05, 0) is 80.7 Å². The molecular formula is C41H26BrN. The van der Waals surface area contributed by atoms with E-state index in [0.717, 1.165) is 15.8 Å². The molecule has 202 valence electrons. The van der Waals surface area contributed by atoms with Crippen molar-refractivity contribution < 1.29 is 0 Å². The van der Waals surface area contributed by atoms with Gasteiger partial charge in [0.15, 0.2) is 0 Å². The highest BCUT2D eigenvalue weighted by atomic mass is 79.9. The van der Waals surface area contributed by atoms with E-state index in [-0.39, 0.29) is 0 Å². The highest BCUT2D eigenvalue weighted by Crippen LogP contribution is 2.65. The van der Waals surface area contributed by atoms with Gasteiger partial charge in [-0.3, -0.25) is 0 Å². The largest absolute Gasteiger partial charge is 0.310 e. The molecule has 0 fully saturated rings. The molecule has 0 heterocycles. The van der Waals surface area contributed by atoms with Gasteiger partial charge in [0.1, 0.15) is 0 Å². The van der Waals surface area contributed by atoms with Crippen LogP contribution in [-0.2, 0) is 5.41 Å². The van der Waals surface area contributed by atoms with Crippen molar-refractivity contribution in [2.45, 2.75) is 5.41 Å². The van der Waals surface area contributed by atoms with E-state index in [1.807, 2.05) is 0 Å². The first-order chi connectivity index (χ1) is 21.3. The van der Waals surface area contributed by atoms with Crippen molar-refractivity contribution in [1.29, 1.82) is 0 Å². The fourth-order valence-corrected chi connectivity index (χ4v) is 8.33. The van der Waals surface area contributed by atoms with Crippen LogP contribution in [0.4, 0.5) is 17.1 Å². The lowest BCUT2D eigenvalue weighted by Gasteiger charge is -2.33. The number of rotatable bonds is 3. The zero-order valence-electron chi connectivity index (χ0n) is 23.3. The first kappa shape index (κ1) is 24.7. The molecule has 0 amide bonds. The van der Waals surface area contributed by atoms with Crippen LogP contribution in [0.25, 0.3) is 33.0 Å². The van der Waals surface area contributed by atoms with Crippen LogP contribution in [0.2, 0.25) is 0 Å². The number of fused-ring (bicyclic) bond motifs is 12. The van der Waals surface area contributed by atoms with Crippen molar-refractivity contribution >= 4 is 43.8 Å². The molecule has 0 N–H and O–H groups in total. The molecular weight excluding hydrogens is 586 g/mol. The second-order valence-corrected chi connectivity index (χ2v) is 12.2. The summed E-state index contributed by atoms with van der Waals surface area (Å²) in [5.41, 5.74) is 13.6. The summed E-state index contributed by atoms with van der Waals surface area (Å²) in [7, 11) is 0. The van der Waals surface area contributed by atoms with E-state index in [4.69, 9.17) is 0 Å². The van der Waals surface area contributed by atoms with E-state index in [0.29, 0.717) is 0 Å². The van der Waals surface area contributed by atoms with Gasteiger partial charge in [0.25, 0.3) is 0 Å². The minimum absolute atomic E-state index is 0.431. The number of hydrogen-bond acceptors (Lipinski definition) is 1. The van der Waals surface area contributed by atoms with Gasteiger partial charge in [0.2, 0.25) is 0 Å². The third-order valence-electron chi connectivity index (χ3n) is 9.31. The molecule has 0 saturated carbocycles. The van der Waals surface area contributed by atoms with E-state index < -0.39 is 5.41 Å². The number of anilines is 3. The molecule has 1 spiro atoms. The van der Waals surface area contributed by atoms with Gasteiger partial charge < -0.3 is 4.90 Å².